The first-order valence-electron chi connectivity index (χ1n) is 8.54. The molecular weight excluding hydrogens is 446 g/mol. The molecule has 1 aliphatic heterocycles. The average molecular weight is 467 g/mol. The van der Waals surface area contributed by atoms with Crippen molar-refractivity contribution in [3.05, 3.63) is 35.9 Å². The summed E-state index contributed by atoms with van der Waals surface area (Å²) in [6.45, 7) is -0.934. The van der Waals surface area contributed by atoms with Gasteiger partial charge in [0.25, 0.3) is 0 Å². The lowest BCUT2D eigenvalue weighted by atomic mass is 10.0. The van der Waals surface area contributed by atoms with Crippen LogP contribution >= 0.6 is 11.8 Å². The third kappa shape index (κ3) is 7.17. The first kappa shape index (κ1) is 24.5. The number of nitrogens with zero attached hydrogens (tertiary/aromatic N) is 1. The van der Waals surface area contributed by atoms with Crippen molar-refractivity contribution in [2.45, 2.75) is 36.3 Å². The number of thioether (sulfide) groups is 1. The molecule has 5 atom stereocenters. The predicted octanol–water partition coefficient (Wildman–Crippen LogP) is -1.10. The van der Waals surface area contributed by atoms with E-state index >= 15 is 0 Å². The fraction of sp³-hybridized carbons (Fsp3) is 0.500. The Balaban J connectivity index is 2.05. The molecule has 0 radical (unpaired) electrons. The van der Waals surface area contributed by atoms with Crippen LogP contribution in [0.4, 0.5) is 0 Å². The van der Waals surface area contributed by atoms with Crippen LogP contribution in [0.15, 0.2) is 35.5 Å². The van der Waals surface area contributed by atoms with E-state index in [4.69, 9.17) is 14.0 Å². The van der Waals surface area contributed by atoms with E-state index in [1.807, 2.05) is 0 Å². The van der Waals surface area contributed by atoms with Gasteiger partial charge in [-0.3, -0.25) is 4.55 Å². The Bertz CT molecular complexity index is 831. The van der Waals surface area contributed by atoms with Crippen molar-refractivity contribution < 1.29 is 51.9 Å². The molecule has 1 aromatic carbocycles. The SMILES string of the molecule is O=C(OCCC(=NOS(=O)(=O)O)SC1OC(CO)C(O)C(O)C1O)c1ccccc1. The van der Waals surface area contributed by atoms with Gasteiger partial charge < -0.3 is 29.9 Å². The monoisotopic (exact) mass is 467 g/mol. The van der Waals surface area contributed by atoms with Gasteiger partial charge in [0.2, 0.25) is 0 Å². The largest absolute Gasteiger partial charge is 0.466 e. The van der Waals surface area contributed by atoms with Crippen LogP contribution < -0.4 is 0 Å². The molecule has 2 rings (SSSR count). The summed E-state index contributed by atoms with van der Waals surface area (Å²) in [5, 5.41) is 42.0. The molecule has 0 aromatic heterocycles. The number of carbonyl (C=O) groups excluding carboxylic acids is 1. The highest BCUT2D eigenvalue weighted by Crippen LogP contribution is 2.30. The number of ether oxygens (including phenoxy) is 2. The summed E-state index contributed by atoms with van der Waals surface area (Å²) in [6.07, 6.45) is -6.26. The predicted molar refractivity (Wildman–Crippen MR) is 103 cm³/mol. The Kier molecular flexibility index (Phi) is 8.99. The van der Waals surface area contributed by atoms with Gasteiger partial charge >= 0.3 is 16.4 Å². The van der Waals surface area contributed by atoms with E-state index in [1.165, 1.54) is 12.1 Å². The molecule has 5 N–H and O–H groups in total. The van der Waals surface area contributed by atoms with Gasteiger partial charge in [0.1, 0.15) is 34.9 Å². The van der Waals surface area contributed by atoms with Crippen molar-refractivity contribution in [2.24, 2.45) is 5.16 Å². The number of hydrogen-bond acceptors (Lipinski definition) is 12. The topological polar surface area (TPSA) is 192 Å². The van der Waals surface area contributed by atoms with Crippen LogP contribution in [-0.4, -0.2) is 87.5 Å². The molecular formula is C16H21NO11S2. The molecule has 1 aromatic rings. The fourth-order valence-electron chi connectivity index (χ4n) is 2.40. The fourth-order valence-corrected chi connectivity index (χ4v) is 3.68. The summed E-state index contributed by atoms with van der Waals surface area (Å²) in [7, 11) is -4.93. The van der Waals surface area contributed by atoms with Gasteiger partial charge in [0.15, 0.2) is 0 Å². The maximum atomic E-state index is 12.0. The van der Waals surface area contributed by atoms with Gasteiger partial charge in [-0.15, -0.1) is 0 Å². The van der Waals surface area contributed by atoms with Crippen LogP contribution in [0, 0.1) is 0 Å². The third-order valence-corrected chi connectivity index (χ3v) is 5.33. The molecule has 1 saturated heterocycles. The molecule has 1 heterocycles. The van der Waals surface area contributed by atoms with Crippen molar-refractivity contribution in [1.29, 1.82) is 0 Å². The molecule has 12 nitrogen and oxygen atoms in total. The van der Waals surface area contributed by atoms with E-state index < -0.39 is 52.8 Å². The molecule has 0 spiro atoms. The smallest absolute Gasteiger partial charge is 0.462 e. The normalized spacial score (nSPS) is 27.5. The van der Waals surface area contributed by atoms with Crippen molar-refractivity contribution in [1.82, 2.24) is 0 Å². The minimum Gasteiger partial charge on any atom is -0.462 e. The summed E-state index contributed by atoms with van der Waals surface area (Å²) in [5.74, 6) is -0.650. The second kappa shape index (κ2) is 11.0. The molecule has 0 saturated carbocycles. The van der Waals surface area contributed by atoms with Gasteiger partial charge in [-0.25, -0.2) is 9.08 Å². The van der Waals surface area contributed by atoms with Gasteiger partial charge in [-0.05, 0) is 12.1 Å². The molecule has 30 heavy (non-hydrogen) atoms. The number of oxime groups is 1. The molecule has 1 fully saturated rings. The third-order valence-electron chi connectivity index (χ3n) is 3.89. The molecule has 5 unspecified atom stereocenters. The zero-order chi connectivity index (χ0) is 22.3. The van der Waals surface area contributed by atoms with E-state index in [0.717, 1.165) is 0 Å². The highest BCUT2D eigenvalue weighted by Gasteiger charge is 2.44. The van der Waals surface area contributed by atoms with E-state index in [2.05, 4.69) is 9.44 Å². The summed E-state index contributed by atoms with van der Waals surface area (Å²) in [4.78, 5) is 12.0. The maximum Gasteiger partial charge on any atom is 0.466 e. The molecule has 14 heteroatoms. The molecule has 0 amide bonds. The van der Waals surface area contributed by atoms with Crippen LogP contribution in [0.1, 0.15) is 16.8 Å². The van der Waals surface area contributed by atoms with Gasteiger partial charge in [-0.2, -0.15) is 8.42 Å². The van der Waals surface area contributed by atoms with Gasteiger partial charge in [0.05, 0.1) is 18.8 Å². The maximum absolute atomic E-state index is 12.0. The number of carbonyl (C=O) groups is 1. The summed E-state index contributed by atoms with van der Waals surface area (Å²) >= 11 is 0.591. The Morgan fingerprint density at radius 1 is 1.13 bits per heavy atom. The zero-order valence-corrected chi connectivity index (χ0v) is 17.0. The number of aliphatic hydroxyl groups is 4. The second-order valence-electron chi connectivity index (χ2n) is 6.05. The Hall–Kier alpha value is -1.78. The summed E-state index contributed by atoms with van der Waals surface area (Å²) in [5.41, 5.74) is -0.999. The number of hydrogen-bond donors (Lipinski definition) is 5. The van der Waals surface area contributed by atoms with Crippen LogP contribution in [0.25, 0.3) is 0 Å². The van der Waals surface area contributed by atoms with Crippen LogP contribution in [-0.2, 0) is 24.2 Å². The first-order chi connectivity index (χ1) is 14.1. The Morgan fingerprint density at radius 3 is 2.40 bits per heavy atom. The van der Waals surface area contributed by atoms with Crippen molar-refractivity contribution in [2.75, 3.05) is 13.2 Å². The van der Waals surface area contributed by atoms with Crippen LogP contribution in [0.3, 0.4) is 0 Å². The number of aliphatic hydroxyl groups excluding tert-OH is 4. The van der Waals surface area contributed by atoms with Crippen LogP contribution in [0.2, 0.25) is 0 Å². The lowest BCUT2D eigenvalue weighted by Gasteiger charge is -2.39. The van der Waals surface area contributed by atoms with E-state index in [-0.39, 0.29) is 23.6 Å². The Morgan fingerprint density at radius 2 is 1.80 bits per heavy atom. The second-order valence-corrected chi connectivity index (χ2v) is 8.23. The standard InChI is InChI=1S/C16H21NO11S2/c18-8-10-12(19)13(20)14(21)16(27-10)29-11(17-28-30(23,24)25)6-7-26-15(22)9-4-2-1-3-5-9/h1-5,10,12-14,16,18-21H,6-8H2,(H,23,24,25). The van der Waals surface area contributed by atoms with Gasteiger partial charge in [0, 0.05) is 6.42 Å². The quantitative estimate of drug-likeness (QED) is 0.102. The van der Waals surface area contributed by atoms with E-state index in [9.17, 15) is 33.6 Å². The Labute approximate surface area is 176 Å². The number of rotatable bonds is 8. The number of esters is 1. The average Bonchev–Trinajstić information content (AvgIpc) is 2.72. The highest BCUT2D eigenvalue weighted by molar-refractivity contribution is 8.14. The van der Waals surface area contributed by atoms with Crippen LogP contribution in [0.5, 0.6) is 0 Å². The summed E-state index contributed by atoms with van der Waals surface area (Å²) in [6, 6.07) is 8.05. The zero-order valence-electron chi connectivity index (χ0n) is 15.3. The minimum atomic E-state index is -4.93. The minimum absolute atomic E-state index is 0.183. The first-order valence-corrected chi connectivity index (χ1v) is 10.8. The van der Waals surface area contributed by atoms with Gasteiger partial charge in [-0.1, -0.05) is 35.1 Å². The number of benzene rings is 1. The van der Waals surface area contributed by atoms with Crippen molar-refractivity contribution in [3.8, 4) is 0 Å². The van der Waals surface area contributed by atoms with E-state index in [0.29, 0.717) is 11.8 Å². The lowest BCUT2D eigenvalue weighted by molar-refractivity contribution is -0.205. The highest BCUT2D eigenvalue weighted by atomic mass is 32.3. The molecule has 1 aliphatic rings. The molecule has 0 aliphatic carbocycles. The summed E-state index contributed by atoms with van der Waals surface area (Å²) < 4.78 is 44.6. The lowest BCUT2D eigenvalue weighted by Crippen LogP contribution is -2.57. The van der Waals surface area contributed by atoms with Crippen molar-refractivity contribution in [3.63, 3.8) is 0 Å². The molecule has 168 valence electrons. The van der Waals surface area contributed by atoms with E-state index in [1.54, 1.807) is 18.2 Å². The van der Waals surface area contributed by atoms with Crippen molar-refractivity contribution >= 4 is 33.2 Å². The molecule has 0 bridgehead atoms.